The lowest BCUT2D eigenvalue weighted by Crippen LogP contribution is -2.35. The molecular formula is C9H13BrN2S. The van der Waals surface area contributed by atoms with Gasteiger partial charge >= 0.3 is 0 Å². The summed E-state index contributed by atoms with van der Waals surface area (Å²) in [7, 11) is 2.14. The van der Waals surface area contributed by atoms with Gasteiger partial charge in [0, 0.05) is 24.0 Å². The average Bonchev–Trinajstić information content (AvgIpc) is 2.45. The molecule has 0 saturated carbocycles. The lowest BCUT2D eigenvalue weighted by Gasteiger charge is -2.31. The van der Waals surface area contributed by atoms with Gasteiger partial charge in [-0.1, -0.05) is 0 Å². The van der Waals surface area contributed by atoms with Crippen LogP contribution in [0.15, 0.2) is 9.85 Å². The topological polar surface area (TPSA) is 29.3 Å². The van der Waals surface area contributed by atoms with Crippen LogP contribution in [0.25, 0.3) is 0 Å². The molecule has 0 amide bonds. The van der Waals surface area contributed by atoms with Crippen molar-refractivity contribution >= 4 is 27.3 Å². The Kier molecular flexibility index (Phi) is 2.74. The molecule has 1 unspecified atom stereocenters. The minimum atomic E-state index is 0.422. The van der Waals surface area contributed by atoms with E-state index < -0.39 is 0 Å². The molecule has 13 heavy (non-hydrogen) atoms. The summed E-state index contributed by atoms with van der Waals surface area (Å²) in [5.74, 6) is 0. The summed E-state index contributed by atoms with van der Waals surface area (Å²) in [5.41, 5.74) is 7.19. The first-order valence-electron chi connectivity index (χ1n) is 4.40. The smallest absolute Gasteiger partial charge is 0.0704 e. The Morgan fingerprint density at radius 2 is 2.54 bits per heavy atom. The fourth-order valence-corrected chi connectivity index (χ4v) is 3.62. The van der Waals surface area contributed by atoms with Crippen LogP contribution in [0.1, 0.15) is 16.5 Å². The second-order valence-corrected chi connectivity index (χ2v) is 5.93. The summed E-state index contributed by atoms with van der Waals surface area (Å²) in [5, 5.41) is 0. The van der Waals surface area contributed by atoms with Gasteiger partial charge in [-0.05, 0) is 41.0 Å². The lowest BCUT2D eigenvalue weighted by atomic mass is 10.0. The van der Waals surface area contributed by atoms with Crippen molar-refractivity contribution in [3.8, 4) is 0 Å². The molecule has 0 aromatic carbocycles. The lowest BCUT2D eigenvalue weighted by molar-refractivity contribution is 0.238. The first-order valence-corrected chi connectivity index (χ1v) is 6.01. The van der Waals surface area contributed by atoms with Gasteiger partial charge in [0.1, 0.15) is 0 Å². The standard InChI is InChI=1S/C9H13BrN2S/c1-12-3-2-8-6(7(12)5-11)4-9(10)13-8/h4,7H,2-3,5,11H2,1H3. The Bertz CT molecular complexity index is 311. The van der Waals surface area contributed by atoms with Crippen LogP contribution in [-0.2, 0) is 6.42 Å². The van der Waals surface area contributed by atoms with Crippen molar-refractivity contribution < 1.29 is 0 Å². The van der Waals surface area contributed by atoms with Crippen molar-refractivity contribution in [2.45, 2.75) is 12.5 Å². The molecule has 1 aromatic heterocycles. The van der Waals surface area contributed by atoms with Gasteiger partial charge in [0.25, 0.3) is 0 Å². The van der Waals surface area contributed by atoms with Crippen LogP contribution in [-0.4, -0.2) is 25.0 Å². The van der Waals surface area contributed by atoms with E-state index in [1.54, 1.807) is 0 Å². The third-order valence-corrected chi connectivity index (χ3v) is 4.33. The SMILES string of the molecule is CN1CCc2sc(Br)cc2C1CN. The van der Waals surface area contributed by atoms with E-state index in [1.165, 1.54) is 20.6 Å². The number of likely N-dealkylation sites (N-methyl/N-ethyl adjacent to an activating group) is 1. The summed E-state index contributed by atoms with van der Waals surface area (Å²) >= 11 is 5.37. The number of fused-ring (bicyclic) bond motifs is 1. The van der Waals surface area contributed by atoms with Gasteiger partial charge in [0.05, 0.1) is 3.79 Å². The zero-order chi connectivity index (χ0) is 9.42. The van der Waals surface area contributed by atoms with Crippen molar-refractivity contribution in [1.82, 2.24) is 4.90 Å². The highest BCUT2D eigenvalue weighted by Crippen LogP contribution is 2.36. The van der Waals surface area contributed by atoms with Crippen LogP contribution >= 0.6 is 27.3 Å². The third kappa shape index (κ3) is 1.68. The molecule has 0 aliphatic carbocycles. The Morgan fingerprint density at radius 3 is 3.23 bits per heavy atom. The summed E-state index contributed by atoms with van der Waals surface area (Å²) in [6.07, 6.45) is 1.17. The predicted octanol–water partition coefficient (Wildman–Crippen LogP) is 2.00. The maximum Gasteiger partial charge on any atom is 0.0704 e. The molecule has 2 heterocycles. The minimum Gasteiger partial charge on any atom is -0.329 e. The van der Waals surface area contributed by atoms with Crippen molar-refractivity contribution in [2.24, 2.45) is 5.73 Å². The molecule has 0 bridgehead atoms. The highest BCUT2D eigenvalue weighted by Gasteiger charge is 2.25. The minimum absolute atomic E-state index is 0.422. The molecule has 2 N–H and O–H groups in total. The molecule has 1 aromatic rings. The molecule has 0 radical (unpaired) electrons. The average molecular weight is 261 g/mol. The highest BCUT2D eigenvalue weighted by atomic mass is 79.9. The Balaban J connectivity index is 2.38. The van der Waals surface area contributed by atoms with Crippen LogP contribution in [0, 0.1) is 0 Å². The number of halogens is 1. The highest BCUT2D eigenvalue weighted by molar-refractivity contribution is 9.11. The van der Waals surface area contributed by atoms with E-state index in [0.717, 1.165) is 6.54 Å². The van der Waals surface area contributed by atoms with E-state index in [2.05, 4.69) is 33.9 Å². The van der Waals surface area contributed by atoms with E-state index in [9.17, 15) is 0 Å². The van der Waals surface area contributed by atoms with E-state index in [-0.39, 0.29) is 0 Å². The molecule has 0 fully saturated rings. The molecule has 1 aliphatic heterocycles. The van der Waals surface area contributed by atoms with Crippen molar-refractivity contribution in [3.63, 3.8) is 0 Å². The monoisotopic (exact) mass is 260 g/mol. The quantitative estimate of drug-likeness (QED) is 0.837. The van der Waals surface area contributed by atoms with Gasteiger partial charge in [0.15, 0.2) is 0 Å². The van der Waals surface area contributed by atoms with Gasteiger partial charge in [-0.25, -0.2) is 0 Å². The summed E-state index contributed by atoms with van der Waals surface area (Å²) in [4.78, 5) is 3.84. The van der Waals surface area contributed by atoms with Crippen LogP contribution in [0.5, 0.6) is 0 Å². The van der Waals surface area contributed by atoms with Gasteiger partial charge in [-0.15, -0.1) is 11.3 Å². The van der Waals surface area contributed by atoms with Crippen molar-refractivity contribution in [1.29, 1.82) is 0 Å². The van der Waals surface area contributed by atoms with E-state index in [1.807, 2.05) is 11.3 Å². The van der Waals surface area contributed by atoms with Crippen LogP contribution in [0.2, 0.25) is 0 Å². The van der Waals surface area contributed by atoms with Gasteiger partial charge < -0.3 is 5.73 Å². The largest absolute Gasteiger partial charge is 0.329 e. The number of hydrogen-bond donors (Lipinski definition) is 1. The normalized spacial score (nSPS) is 23.2. The number of nitrogens with zero attached hydrogens (tertiary/aromatic N) is 1. The molecule has 1 aliphatic rings. The fourth-order valence-electron chi connectivity index (χ4n) is 1.86. The molecule has 4 heteroatoms. The second kappa shape index (κ2) is 3.69. The fraction of sp³-hybridized carbons (Fsp3) is 0.556. The molecule has 0 spiro atoms. The Hall–Kier alpha value is 0.1000. The molecule has 0 saturated heterocycles. The van der Waals surface area contributed by atoms with Crippen LogP contribution < -0.4 is 5.73 Å². The summed E-state index contributed by atoms with van der Waals surface area (Å²) < 4.78 is 1.23. The van der Waals surface area contributed by atoms with Gasteiger partial charge in [-0.2, -0.15) is 0 Å². The maximum atomic E-state index is 5.77. The number of thiophene rings is 1. The van der Waals surface area contributed by atoms with E-state index in [0.29, 0.717) is 12.6 Å². The van der Waals surface area contributed by atoms with Crippen molar-refractivity contribution in [2.75, 3.05) is 20.1 Å². The Labute approximate surface area is 90.9 Å². The van der Waals surface area contributed by atoms with E-state index >= 15 is 0 Å². The third-order valence-electron chi connectivity index (χ3n) is 2.62. The second-order valence-electron chi connectivity index (χ2n) is 3.41. The number of hydrogen-bond acceptors (Lipinski definition) is 3. The first kappa shape index (κ1) is 9.65. The zero-order valence-corrected chi connectivity index (χ0v) is 9.99. The number of nitrogens with two attached hydrogens (primary N) is 1. The van der Waals surface area contributed by atoms with E-state index in [4.69, 9.17) is 5.73 Å². The summed E-state index contributed by atoms with van der Waals surface area (Å²) in [6, 6.07) is 2.64. The molecule has 2 rings (SSSR count). The Morgan fingerprint density at radius 1 is 1.77 bits per heavy atom. The first-order chi connectivity index (χ1) is 6.22. The number of rotatable bonds is 1. The molecular weight excluding hydrogens is 248 g/mol. The van der Waals surface area contributed by atoms with Gasteiger partial charge in [0.2, 0.25) is 0 Å². The zero-order valence-electron chi connectivity index (χ0n) is 7.59. The molecule has 2 nitrogen and oxygen atoms in total. The molecule has 1 atom stereocenters. The maximum absolute atomic E-state index is 5.77. The van der Waals surface area contributed by atoms with Crippen LogP contribution in [0.3, 0.4) is 0 Å². The van der Waals surface area contributed by atoms with Gasteiger partial charge in [-0.3, -0.25) is 4.90 Å². The summed E-state index contributed by atoms with van der Waals surface area (Å²) in [6.45, 7) is 1.84. The molecule has 72 valence electrons. The predicted molar refractivity (Wildman–Crippen MR) is 60.1 cm³/mol. The van der Waals surface area contributed by atoms with Crippen LogP contribution in [0.4, 0.5) is 0 Å². The van der Waals surface area contributed by atoms with Crippen molar-refractivity contribution in [3.05, 3.63) is 20.3 Å².